The van der Waals surface area contributed by atoms with Crippen LogP contribution in [-0.4, -0.2) is 42.0 Å². The van der Waals surface area contributed by atoms with Crippen molar-refractivity contribution in [3.05, 3.63) is 64.3 Å². The fourth-order valence-corrected chi connectivity index (χ4v) is 3.07. The normalized spacial score (nSPS) is 15.1. The Hall–Kier alpha value is -2.04. The van der Waals surface area contributed by atoms with Crippen molar-refractivity contribution in [3.63, 3.8) is 0 Å². The summed E-state index contributed by atoms with van der Waals surface area (Å²) < 4.78 is 0. The summed E-state index contributed by atoms with van der Waals surface area (Å²) >= 11 is 12.1. The summed E-state index contributed by atoms with van der Waals surface area (Å²) in [5.41, 5.74) is 0.912. The summed E-state index contributed by atoms with van der Waals surface area (Å²) in [6, 6.07) is 11.1. The maximum Gasteiger partial charge on any atom is 0.246 e. The summed E-state index contributed by atoms with van der Waals surface area (Å²) in [6.07, 6.45) is 5.11. The molecule has 3 rings (SSSR count). The van der Waals surface area contributed by atoms with Crippen LogP contribution in [0.3, 0.4) is 0 Å². The van der Waals surface area contributed by atoms with E-state index >= 15 is 0 Å². The van der Waals surface area contributed by atoms with Crippen molar-refractivity contribution in [3.8, 4) is 0 Å². The molecule has 1 aliphatic rings. The molecule has 0 unspecified atom stereocenters. The van der Waals surface area contributed by atoms with Gasteiger partial charge in [0.1, 0.15) is 5.82 Å². The zero-order valence-corrected chi connectivity index (χ0v) is 14.5. The highest BCUT2D eigenvalue weighted by Gasteiger charge is 2.21. The first-order valence-corrected chi connectivity index (χ1v) is 8.47. The van der Waals surface area contributed by atoms with Gasteiger partial charge in [0.25, 0.3) is 0 Å². The number of amides is 1. The number of pyridine rings is 1. The van der Waals surface area contributed by atoms with Gasteiger partial charge >= 0.3 is 0 Å². The smallest absolute Gasteiger partial charge is 0.246 e. The molecule has 0 aliphatic carbocycles. The third kappa shape index (κ3) is 4.08. The molecule has 24 heavy (non-hydrogen) atoms. The fourth-order valence-electron chi connectivity index (χ4n) is 2.63. The van der Waals surface area contributed by atoms with Crippen LogP contribution >= 0.6 is 23.2 Å². The molecule has 0 N–H and O–H groups in total. The third-order valence-electron chi connectivity index (χ3n) is 3.90. The highest BCUT2D eigenvalue weighted by atomic mass is 35.5. The Labute approximate surface area is 151 Å². The lowest BCUT2D eigenvalue weighted by atomic mass is 10.2. The van der Waals surface area contributed by atoms with Crippen LogP contribution in [0.25, 0.3) is 6.08 Å². The quantitative estimate of drug-likeness (QED) is 0.781. The molecule has 124 valence electrons. The minimum absolute atomic E-state index is 0.00161. The molecule has 0 radical (unpaired) electrons. The van der Waals surface area contributed by atoms with Crippen LogP contribution in [-0.2, 0) is 4.79 Å². The Morgan fingerprint density at radius 3 is 2.58 bits per heavy atom. The van der Waals surface area contributed by atoms with Gasteiger partial charge in [0.15, 0.2) is 0 Å². The molecule has 1 saturated heterocycles. The Kier molecular flexibility index (Phi) is 5.38. The van der Waals surface area contributed by atoms with Gasteiger partial charge < -0.3 is 9.80 Å². The minimum Gasteiger partial charge on any atom is -0.352 e. The Balaban J connectivity index is 1.58. The Bertz CT molecular complexity index is 755. The van der Waals surface area contributed by atoms with E-state index in [0.717, 1.165) is 11.4 Å². The number of piperazine rings is 1. The monoisotopic (exact) mass is 361 g/mol. The summed E-state index contributed by atoms with van der Waals surface area (Å²) in [4.78, 5) is 20.6. The van der Waals surface area contributed by atoms with Crippen molar-refractivity contribution >= 4 is 41.0 Å². The number of nitrogens with zero attached hydrogens (tertiary/aromatic N) is 3. The molecule has 0 atom stereocenters. The maximum absolute atomic E-state index is 12.3. The molecular formula is C18H17Cl2N3O. The van der Waals surface area contributed by atoms with E-state index in [9.17, 15) is 4.79 Å². The molecule has 1 fully saturated rings. The molecule has 2 heterocycles. The second-order valence-corrected chi connectivity index (χ2v) is 6.35. The maximum atomic E-state index is 12.3. The lowest BCUT2D eigenvalue weighted by molar-refractivity contribution is -0.126. The van der Waals surface area contributed by atoms with Crippen LogP contribution in [0, 0.1) is 0 Å². The van der Waals surface area contributed by atoms with Crippen LogP contribution in [0.1, 0.15) is 5.56 Å². The standard InChI is InChI=1S/C18H17Cl2N3O/c19-15-4-1-3-14(13-15)6-7-17(24)22-9-11-23(12-10-22)18-16(20)5-2-8-21-18/h1-8,13H,9-12H2. The van der Waals surface area contributed by atoms with Crippen molar-refractivity contribution in [2.24, 2.45) is 0 Å². The van der Waals surface area contributed by atoms with Crippen LogP contribution < -0.4 is 4.90 Å². The van der Waals surface area contributed by atoms with E-state index in [1.54, 1.807) is 18.3 Å². The Morgan fingerprint density at radius 2 is 1.88 bits per heavy atom. The summed E-state index contributed by atoms with van der Waals surface area (Å²) in [7, 11) is 0. The van der Waals surface area contributed by atoms with Gasteiger partial charge in [-0.05, 0) is 35.9 Å². The van der Waals surface area contributed by atoms with Crippen LogP contribution in [0.4, 0.5) is 5.82 Å². The van der Waals surface area contributed by atoms with E-state index in [-0.39, 0.29) is 5.91 Å². The molecule has 2 aromatic rings. The summed E-state index contributed by atoms with van der Waals surface area (Å²) in [5.74, 6) is 0.780. The van der Waals surface area contributed by atoms with Crippen molar-refractivity contribution in [1.82, 2.24) is 9.88 Å². The molecule has 4 nitrogen and oxygen atoms in total. The number of aromatic nitrogens is 1. The number of carbonyl (C=O) groups is 1. The number of carbonyl (C=O) groups excluding carboxylic acids is 1. The lowest BCUT2D eigenvalue weighted by Crippen LogP contribution is -2.48. The van der Waals surface area contributed by atoms with Crippen LogP contribution in [0.15, 0.2) is 48.7 Å². The van der Waals surface area contributed by atoms with Crippen LogP contribution in [0.2, 0.25) is 10.0 Å². The topological polar surface area (TPSA) is 36.4 Å². The highest BCUT2D eigenvalue weighted by molar-refractivity contribution is 6.33. The number of rotatable bonds is 3. The van der Waals surface area contributed by atoms with E-state index in [1.807, 2.05) is 41.3 Å². The third-order valence-corrected chi connectivity index (χ3v) is 4.43. The largest absolute Gasteiger partial charge is 0.352 e. The minimum atomic E-state index is 0.00161. The lowest BCUT2D eigenvalue weighted by Gasteiger charge is -2.35. The number of halogens is 2. The van der Waals surface area contributed by atoms with E-state index in [1.165, 1.54) is 0 Å². The number of anilines is 1. The van der Waals surface area contributed by atoms with Crippen LogP contribution in [0.5, 0.6) is 0 Å². The summed E-state index contributed by atoms with van der Waals surface area (Å²) in [5, 5.41) is 1.29. The van der Waals surface area contributed by atoms with Gasteiger partial charge in [-0.3, -0.25) is 4.79 Å². The molecule has 0 bridgehead atoms. The molecule has 0 saturated carbocycles. The van der Waals surface area contributed by atoms with Gasteiger partial charge in [-0.25, -0.2) is 4.98 Å². The van der Waals surface area contributed by atoms with Gasteiger partial charge in [-0.1, -0.05) is 35.3 Å². The van der Waals surface area contributed by atoms with Gasteiger partial charge in [0.05, 0.1) is 5.02 Å². The molecule has 0 spiro atoms. The number of benzene rings is 1. The van der Waals surface area contributed by atoms with E-state index < -0.39 is 0 Å². The molecule has 1 aromatic heterocycles. The first-order chi connectivity index (χ1) is 11.6. The fraction of sp³-hybridized carbons (Fsp3) is 0.222. The van der Waals surface area contributed by atoms with Crippen molar-refractivity contribution in [2.45, 2.75) is 0 Å². The molecular weight excluding hydrogens is 345 g/mol. The predicted molar refractivity (Wildman–Crippen MR) is 98.5 cm³/mol. The van der Waals surface area contributed by atoms with E-state index in [0.29, 0.717) is 36.2 Å². The predicted octanol–water partition coefficient (Wildman–Crippen LogP) is 3.75. The summed E-state index contributed by atoms with van der Waals surface area (Å²) in [6.45, 7) is 2.72. The second-order valence-electron chi connectivity index (χ2n) is 5.51. The van der Waals surface area contributed by atoms with Crippen molar-refractivity contribution in [2.75, 3.05) is 31.1 Å². The molecule has 1 aromatic carbocycles. The zero-order valence-electron chi connectivity index (χ0n) is 13.0. The molecule has 1 aliphatic heterocycles. The van der Waals surface area contributed by atoms with Gasteiger partial charge in [-0.2, -0.15) is 0 Å². The highest BCUT2D eigenvalue weighted by Crippen LogP contribution is 2.23. The van der Waals surface area contributed by atoms with Gasteiger partial charge in [-0.15, -0.1) is 0 Å². The van der Waals surface area contributed by atoms with Gasteiger partial charge in [0.2, 0.25) is 5.91 Å². The Morgan fingerprint density at radius 1 is 1.08 bits per heavy atom. The van der Waals surface area contributed by atoms with Crippen molar-refractivity contribution in [1.29, 1.82) is 0 Å². The van der Waals surface area contributed by atoms with Crippen molar-refractivity contribution < 1.29 is 4.79 Å². The SMILES string of the molecule is O=C(C=Cc1cccc(Cl)c1)N1CCN(c2ncccc2Cl)CC1. The first kappa shape index (κ1) is 16.8. The van der Waals surface area contributed by atoms with E-state index in [4.69, 9.17) is 23.2 Å². The molecule has 1 amide bonds. The average molecular weight is 362 g/mol. The van der Waals surface area contributed by atoms with Gasteiger partial charge in [0, 0.05) is 43.5 Å². The second kappa shape index (κ2) is 7.69. The number of hydrogen-bond donors (Lipinski definition) is 0. The average Bonchev–Trinajstić information content (AvgIpc) is 2.60. The first-order valence-electron chi connectivity index (χ1n) is 7.71. The van der Waals surface area contributed by atoms with E-state index in [2.05, 4.69) is 9.88 Å². The number of hydrogen-bond acceptors (Lipinski definition) is 3. The molecule has 6 heteroatoms. The zero-order chi connectivity index (χ0) is 16.9.